The lowest BCUT2D eigenvalue weighted by atomic mass is 9.92. The number of rotatable bonds is 7. The van der Waals surface area contributed by atoms with Crippen LogP contribution in [0.5, 0.6) is 5.75 Å². The number of anilines is 1. The van der Waals surface area contributed by atoms with Crippen LogP contribution in [0.1, 0.15) is 70.1 Å². The predicted molar refractivity (Wildman–Crippen MR) is 109 cm³/mol. The van der Waals surface area contributed by atoms with E-state index in [0.29, 0.717) is 17.6 Å². The lowest BCUT2D eigenvalue weighted by Gasteiger charge is -2.22. The molecular formula is C23H31NO2. The van der Waals surface area contributed by atoms with Crippen LogP contribution in [0, 0.1) is 0 Å². The topological polar surface area (TPSA) is 38.3 Å². The maximum absolute atomic E-state index is 12.8. The van der Waals surface area contributed by atoms with Crippen LogP contribution in [-0.4, -0.2) is 12.0 Å². The normalized spacial score (nSPS) is 12.3. The van der Waals surface area contributed by atoms with E-state index in [2.05, 4.69) is 58.1 Å². The molecule has 3 heteroatoms. The number of hydrogen-bond acceptors (Lipinski definition) is 2. The minimum absolute atomic E-state index is 0.125. The van der Waals surface area contributed by atoms with Gasteiger partial charge in [0.15, 0.2) is 6.10 Å². The first-order valence-corrected chi connectivity index (χ1v) is 9.52. The lowest BCUT2D eigenvalue weighted by molar-refractivity contribution is -0.122. The van der Waals surface area contributed by atoms with E-state index in [9.17, 15) is 4.79 Å². The third-order valence-electron chi connectivity index (χ3n) is 4.63. The Morgan fingerprint density at radius 1 is 0.923 bits per heavy atom. The molecule has 0 fully saturated rings. The van der Waals surface area contributed by atoms with E-state index in [1.54, 1.807) is 6.92 Å². The van der Waals surface area contributed by atoms with Gasteiger partial charge in [-0.05, 0) is 54.0 Å². The van der Waals surface area contributed by atoms with Crippen molar-refractivity contribution in [2.75, 3.05) is 5.32 Å². The standard InChI is InChI=1S/C23H31NO2/c1-7-18-11-13-19(14-12-18)26-17(6)23(25)24-22-20(15(2)3)9-8-10-21(22)16(4)5/h8-17H,7H2,1-6H3,(H,24,25). The smallest absolute Gasteiger partial charge is 0.265 e. The first kappa shape index (κ1) is 20.0. The zero-order chi connectivity index (χ0) is 19.3. The summed E-state index contributed by atoms with van der Waals surface area (Å²) in [7, 11) is 0. The van der Waals surface area contributed by atoms with Gasteiger partial charge in [0, 0.05) is 5.69 Å². The summed E-state index contributed by atoms with van der Waals surface area (Å²) >= 11 is 0. The molecule has 3 nitrogen and oxygen atoms in total. The van der Waals surface area contributed by atoms with Gasteiger partial charge in [-0.2, -0.15) is 0 Å². The van der Waals surface area contributed by atoms with Gasteiger partial charge < -0.3 is 10.1 Å². The summed E-state index contributed by atoms with van der Waals surface area (Å²) in [5.41, 5.74) is 4.49. The molecule has 2 aromatic rings. The van der Waals surface area contributed by atoms with E-state index in [1.165, 1.54) is 5.56 Å². The van der Waals surface area contributed by atoms with Crippen LogP contribution in [0.2, 0.25) is 0 Å². The van der Waals surface area contributed by atoms with Crippen molar-refractivity contribution < 1.29 is 9.53 Å². The molecule has 140 valence electrons. The summed E-state index contributed by atoms with van der Waals surface area (Å²) in [4.78, 5) is 12.8. The van der Waals surface area contributed by atoms with E-state index < -0.39 is 6.10 Å². The Labute approximate surface area is 157 Å². The molecule has 2 rings (SSSR count). The van der Waals surface area contributed by atoms with Gasteiger partial charge in [-0.25, -0.2) is 0 Å². The molecule has 0 spiro atoms. The largest absolute Gasteiger partial charge is 0.481 e. The Morgan fingerprint density at radius 3 is 1.92 bits per heavy atom. The van der Waals surface area contributed by atoms with Gasteiger partial charge in [0.2, 0.25) is 0 Å². The Bertz CT molecular complexity index is 706. The van der Waals surface area contributed by atoms with E-state index in [-0.39, 0.29) is 5.91 Å². The highest BCUT2D eigenvalue weighted by Crippen LogP contribution is 2.32. The quantitative estimate of drug-likeness (QED) is 0.673. The molecular weight excluding hydrogens is 322 g/mol. The average molecular weight is 354 g/mol. The highest BCUT2D eigenvalue weighted by Gasteiger charge is 2.20. The second kappa shape index (κ2) is 8.88. The number of benzene rings is 2. The first-order valence-electron chi connectivity index (χ1n) is 9.52. The van der Waals surface area contributed by atoms with Crippen LogP contribution >= 0.6 is 0 Å². The number of carbonyl (C=O) groups is 1. The molecule has 0 heterocycles. The van der Waals surface area contributed by atoms with Crippen LogP contribution in [0.3, 0.4) is 0 Å². The van der Waals surface area contributed by atoms with Gasteiger partial charge in [-0.15, -0.1) is 0 Å². The summed E-state index contributed by atoms with van der Waals surface area (Å²) in [5.74, 6) is 1.26. The Hall–Kier alpha value is -2.29. The molecule has 26 heavy (non-hydrogen) atoms. The van der Waals surface area contributed by atoms with Crippen molar-refractivity contribution in [2.45, 2.75) is 65.9 Å². The minimum Gasteiger partial charge on any atom is -0.481 e. The van der Waals surface area contributed by atoms with Crippen molar-refractivity contribution in [1.29, 1.82) is 0 Å². The van der Waals surface area contributed by atoms with Crippen LogP contribution in [0.25, 0.3) is 0 Å². The van der Waals surface area contributed by atoms with Crippen molar-refractivity contribution in [3.05, 3.63) is 59.2 Å². The molecule has 0 aliphatic heterocycles. The molecule has 2 aromatic carbocycles. The SMILES string of the molecule is CCc1ccc(OC(C)C(=O)Nc2c(C(C)C)cccc2C(C)C)cc1. The Balaban J connectivity index is 2.17. The lowest BCUT2D eigenvalue weighted by Crippen LogP contribution is -2.31. The van der Waals surface area contributed by atoms with E-state index in [4.69, 9.17) is 4.74 Å². The van der Waals surface area contributed by atoms with Gasteiger partial charge in [0.05, 0.1) is 0 Å². The van der Waals surface area contributed by atoms with Gasteiger partial charge in [0.25, 0.3) is 5.91 Å². The molecule has 0 aromatic heterocycles. The summed E-state index contributed by atoms with van der Waals surface area (Å²) in [6, 6.07) is 14.1. The fourth-order valence-corrected chi connectivity index (χ4v) is 2.98. The number of carbonyl (C=O) groups excluding carboxylic acids is 1. The van der Waals surface area contributed by atoms with Crippen LogP contribution in [0.4, 0.5) is 5.69 Å². The number of amides is 1. The van der Waals surface area contributed by atoms with Crippen molar-refractivity contribution in [1.82, 2.24) is 0 Å². The van der Waals surface area contributed by atoms with Gasteiger partial charge in [0.1, 0.15) is 5.75 Å². The molecule has 1 amide bonds. The molecule has 1 atom stereocenters. The van der Waals surface area contributed by atoms with Crippen LogP contribution in [-0.2, 0) is 11.2 Å². The summed E-state index contributed by atoms with van der Waals surface area (Å²) in [5, 5.41) is 3.12. The molecule has 0 saturated heterocycles. The van der Waals surface area contributed by atoms with Gasteiger partial charge in [-0.1, -0.05) is 65.0 Å². The van der Waals surface area contributed by atoms with Crippen molar-refractivity contribution in [2.24, 2.45) is 0 Å². The van der Waals surface area contributed by atoms with Gasteiger partial charge >= 0.3 is 0 Å². The third-order valence-corrected chi connectivity index (χ3v) is 4.63. The van der Waals surface area contributed by atoms with E-state index in [1.807, 2.05) is 24.3 Å². The molecule has 0 saturated carbocycles. The summed E-state index contributed by atoms with van der Waals surface area (Å²) in [6.45, 7) is 12.5. The zero-order valence-electron chi connectivity index (χ0n) is 16.8. The Kier molecular flexibility index (Phi) is 6.84. The maximum Gasteiger partial charge on any atom is 0.265 e. The van der Waals surface area contributed by atoms with Crippen molar-refractivity contribution >= 4 is 11.6 Å². The molecule has 1 unspecified atom stereocenters. The second-order valence-electron chi connectivity index (χ2n) is 7.37. The summed E-state index contributed by atoms with van der Waals surface area (Å²) in [6.07, 6.45) is 0.419. The van der Waals surface area contributed by atoms with Crippen LogP contribution in [0.15, 0.2) is 42.5 Å². The Morgan fingerprint density at radius 2 is 1.46 bits per heavy atom. The minimum atomic E-state index is -0.567. The monoisotopic (exact) mass is 353 g/mol. The molecule has 1 N–H and O–H groups in total. The molecule has 0 aliphatic rings. The predicted octanol–water partition coefficient (Wildman–Crippen LogP) is 5.90. The van der Waals surface area contributed by atoms with E-state index in [0.717, 1.165) is 23.2 Å². The van der Waals surface area contributed by atoms with Crippen molar-refractivity contribution in [3.63, 3.8) is 0 Å². The van der Waals surface area contributed by atoms with Crippen molar-refractivity contribution in [3.8, 4) is 5.75 Å². The maximum atomic E-state index is 12.8. The van der Waals surface area contributed by atoms with E-state index >= 15 is 0 Å². The second-order valence-corrected chi connectivity index (χ2v) is 7.37. The highest BCUT2D eigenvalue weighted by atomic mass is 16.5. The molecule has 0 aliphatic carbocycles. The van der Waals surface area contributed by atoms with Crippen LogP contribution < -0.4 is 10.1 Å². The number of aryl methyl sites for hydroxylation is 1. The third kappa shape index (κ3) is 4.87. The number of ether oxygens (including phenoxy) is 1. The molecule has 0 radical (unpaired) electrons. The first-order chi connectivity index (χ1) is 12.3. The average Bonchev–Trinajstić information content (AvgIpc) is 2.62. The number of nitrogens with one attached hydrogen (secondary N) is 1. The zero-order valence-corrected chi connectivity index (χ0v) is 16.8. The fourth-order valence-electron chi connectivity index (χ4n) is 2.98. The fraction of sp³-hybridized carbons (Fsp3) is 0.435. The molecule has 0 bridgehead atoms. The number of hydrogen-bond donors (Lipinski definition) is 1. The number of para-hydroxylation sites is 1. The highest BCUT2D eigenvalue weighted by molar-refractivity contribution is 5.95. The van der Waals surface area contributed by atoms with Gasteiger partial charge in [-0.3, -0.25) is 4.79 Å². The summed E-state index contributed by atoms with van der Waals surface area (Å²) < 4.78 is 5.84.